The molecule has 0 fully saturated rings. The van der Waals surface area contributed by atoms with Crippen molar-refractivity contribution in [1.29, 1.82) is 0 Å². The van der Waals surface area contributed by atoms with Crippen molar-refractivity contribution in [1.82, 2.24) is 4.90 Å². The molecule has 0 aliphatic heterocycles. The van der Waals surface area contributed by atoms with Gasteiger partial charge in [0.15, 0.2) is 0 Å². The van der Waals surface area contributed by atoms with E-state index in [9.17, 15) is 0 Å². The van der Waals surface area contributed by atoms with E-state index in [1.165, 1.54) is 6.42 Å². The van der Waals surface area contributed by atoms with Gasteiger partial charge in [0.1, 0.15) is 0 Å². The molecular formula is C10H22BrNO. The molecule has 0 aromatic carbocycles. The van der Waals surface area contributed by atoms with E-state index in [0.29, 0.717) is 0 Å². The fourth-order valence-electron chi connectivity index (χ4n) is 1.00. The zero-order valence-electron chi connectivity index (χ0n) is 9.27. The average molecular weight is 252 g/mol. The molecule has 0 bridgehead atoms. The van der Waals surface area contributed by atoms with Crippen LogP contribution in [0.4, 0.5) is 0 Å². The summed E-state index contributed by atoms with van der Waals surface area (Å²) in [6.07, 6.45) is 2.36. The Hall–Kier alpha value is 0.400. The first-order valence-electron chi connectivity index (χ1n) is 4.80. The Balaban J connectivity index is 3.55. The molecule has 0 unspecified atom stereocenters. The van der Waals surface area contributed by atoms with Crippen molar-refractivity contribution in [3.8, 4) is 0 Å². The van der Waals surface area contributed by atoms with E-state index >= 15 is 0 Å². The fourth-order valence-corrected chi connectivity index (χ4v) is 1.43. The van der Waals surface area contributed by atoms with Crippen LogP contribution in [-0.4, -0.2) is 43.1 Å². The number of ether oxygens (including phenoxy) is 1. The third-order valence-corrected chi connectivity index (χ3v) is 3.82. The SMILES string of the molecule is COCCCCN(C)C(C)(C)CBr. The molecule has 0 saturated carbocycles. The Morgan fingerprint density at radius 3 is 2.38 bits per heavy atom. The lowest BCUT2D eigenvalue weighted by atomic mass is 10.1. The van der Waals surface area contributed by atoms with Gasteiger partial charge in [-0.05, 0) is 40.3 Å². The Bertz CT molecular complexity index is 128. The zero-order valence-corrected chi connectivity index (χ0v) is 10.9. The highest BCUT2D eigenvalue weighted by atomic mass is 79.9. The molecule has 2 nitrogen and oxygen atoms in total. The molecule has 0 aliphatic rings. The maximum atomic E-state index is 5.01. The van der Waals surface area contributed by atoms with Crippen LogP contribution in [0.2, 0.25) is 0 Å². The first-order chi connectivity index (χ1) is 6.04. The minimum absolute atomic E-state index is 0.257. The number of rotatable bonds is 7. The summed E-state index contributed by atoms with van der Waals surface area (Å²) in [5, 5.41) is 1.01. The van der Waals surface area contributed by atoms with Crippen LogP contribution < -0.4 is 0 Å². The summed E-state index contributed by atoms with van der Waals surface area (Å²) in [5.74, 6) is 0. The van der Waals surface area contributed by atoms with Crippen molar-refractivity contribution in [2.24, 2.45) is 0 Å². The number of halogens is 1. The van der Waals surface area contributed by atoms with Gasteiger partial charge in [-0.1, -0.05) is 15.9 Å². The second kappa shape index (κ2) is 6.80. The summed E-state index contributed by atoms with van der Waals surface area (Å²) in [5.41, 5.74) is 0.257. The van der Waals surface area contributed by atoms with Crippen LogP contribution in [0.15, 0.2) is 0 Å². The quantitative estimate of drug-likeness (QED) is 0.510. The van der Waals surface area contributed by atoms with Crippen molar-refractivity contribution in [3.05, 3.63) is 0 Å². The molecule has 0 rings (SSSR count). The van der Waals surface area contributed by atoms with Crippen LogP contribution in [0.25, 0.3) is 0 Å². The highest BCUT2D eigenvalue weighted by Crippen LogP contribution is 2.15. The van der Waals surface area contributed by atoms with Crippen LogP contribution in [0.1, 0.15) is 26.7 Å². The molecule has 0 atom stereocenters. The van der Waals surface area contributed by atoms with Gasteiger partial charge in [-0.3, -0.25) is 0 Å². The van der Waals surface area contributed by atoms with Crippen molar-refractivity contribution in [2.45, 2.75) is 32.2 Å². The second-order valence-corrected chi connectivity index (χ2v) is 4.63. The molecule has 0 aliphatic carbocycles. The Kier molecular flexibility index (Phi) is 7.00. The number of nitrogens with zero attached hydrogens (tertiary/aromatic N) is 1. The lowest BCUT2D eigenvalue weighted by molar-refractivity contribution is 0.158. The van der Waals surface area contributed by atoms with E-state index in [0.717, 1.165) is 24.9 Å². The number of alkyl halides is 1. The van der Waals surface area contributed by atoms with E-state index in [2.05, 4.69) is 41.7 Å². The van der Waals surface area contributed by atoms with Gasteiger partial charge < -0.3 is 9.64 Å². The lowest BCUT2D eigenvalue weighted by Crippen LogP contribution is -2.43. The van der Waals surface area contributed by atoms with Gasteiger partial charge in [-0.25, -0.2) is 0 Å². The van der Waals surface area contributed by atoms with Crippen molar-refractivity contribution < 1.29 is 4.74 Å². The number of methoxy groups -OCH3 is 1. The minimum atomic E-state index is 0.257. The van der Waals surface area contributed by atoms with Crippen molar-refractivity contribution in [3.63, 3.8) is 0 Å². The topological polar surface area (TPSA) is 12.5 Å². The molecule has 0 amide bonds. The monoisotopic (exact) mass is 251 g/mol. The molecule has 0 saturated heterocycles. The van der Waals surface area contributed by atoms with Gasteiger partial charge in [-0.2, -0.15) is 0 Å². The molecule has 0 aromatic rings. The predicted molar refractivity (Wildman–Crippen MR) is 61.6 cm³/mol. The van der Waals surface area contributed by atoms with Gasteiger partial charge in [-0.15, -0.1) is 0 Å². The van der Waals surface area contributed by atoms with Crippen molar-refractivity contribution in [2.75, 3.05) is 32.6 Å². The van der Waals surface area contributed by atoms with Crippen LogP contribution in [0.3, 0.4) is 0 Å². The standard InChI is InChI=1S/C10H22BrNO/c1-10(2,9-11)12(3)7-5-6-8-13-4/h5-9H2,1-4H3. The number of hydrogen-bond donors (Lipinski definition) is 0. The van der Waals surface area contributed by atoms with E-state index in [1.807, 2.05) is 0 Å². The average Bonchev–Trinajstić information content (AvgIpc) is 2.12. The van der Waals surface area contributed by atoms with Crippen LogP contribution >= 0.6 is 15.9 Å². The van der Waals surface area contributed by atoms with Gasteiger partial charge >= 0.3 is 0 Å². The predicted octanol–water partition coefficient (Wildman–Crippen LogP) is 2.52. The third-order valence-electron chi connectivity index (χ3n) is 2.45. The maximum absolute atomic E-state index is 5.01. The normalized spacial score (nSPS) is 12.5. The summed E-state index contributed by atoms with van der Waals surface area (Å²) in [4.78, 5) is 2.39. The van der Waals surface area contributed by atoms with Crippen molar-refractivity contribution >= 4 is 15.9 Å². The minimum Gasteiger partial charge on any atom is -0.385 e. The van der Waals surface area contributed by atoms with E-state index in [4.69, 9.17) is 4.74 Å². The summed E-state index contributed by atoms with van der Waals surface area (Å²) < 4.78 is 5.01. The fraction of sp³-hybridized carbons (Fsp3) is 1.00. The second-order valence-electron chi connectivity index (χ2n) is 4.07. The van der Waals surface area contributed by atoms with Crippen LogP contribution in [0, 0.1) is 0 Å². The zero-order chi connectivity index (χ0) is 10.3. The van der Waals surface area contributed by atoms with Crippen LogP contribution in [-0.2, 0) is 4.74 Å². The van der Waals surface area contributed by atoms with Gasteiger partial charge in [0.25, 0.3) is 0 Å². The molecule has 0 N–H and O–H groups in total. The van der Waals surface area contributed by atoms with Gasteiger partial charge in [0.2, 0.25) is 0 Å². The Morgan fingerprint density at radius 2 is 1.92 bits per heavy atom. The van der Waals surface area contributed by atoms with E-state index in [1.54, 1.807) is 7.11 Å². The Labute approximate surface area is 90.8 Å². The van der Waals surface area contributed by atoms with E-state index < -0.39 is 0 Å². The van der Waals surface area contributed by atoms with Gasteiger partial charge in [0.05, 0.1) is 0 Å². The molecule has 3 heteroatoms. The Morgan fingerprint density at radius 1 is 1.31 bits per heavy atom. The molecular weight excluding hydrogens is 230 g/mol. The first kappa shape index (κ1) is 13.4. The van der Waals surface area contributed by atoms with E-state index in [-0.39, 0.29) is 5.54 Å². The number of hydrogen-bond acceptors (Lipinski definition) is 2. The molecule has 0 radical (unpaired) electrons. The summed E-state index contributed by atoms with van der Waals surface area (Å²) in [6.45, 7) is 6.51. The smallest absolute Gasteiger partial charge is 0.0462 e. The molecule has 0 spiro atoms. The number of unbranched alkanes of at least 4 members (excludes halogenated alkanes) is 1. The van der Waals surface area contributed by atoms with Gasteiger partial charge in [0, 0.05) is 24.6 Å². The largest absolute Gasteiger partial charge is 0.385 e. The summed E-state index contributed by atoms with van der Waals surface area (Å²) in [6, 6.07) is 0. The molecule has 80 valence electrons. The summed E-state index contributed by atoms with van der Waals surface area (Å²) >= 11 is 3.53. The third kappa shape index (κ3) is 5.66. The summed E-state index contributed by atoms with van der Waals surface area (Å²) in [7, 11) is 3.93. The molecule has 0 heterocycles. The maximum Gasteiger partial charge on any atom is 0.0462 e. The first-order valence-corrected chi connectivity index (χ1v) is 5.93. The molecule has 0 aromatic heterocycles. The highest BCUT2D eigenvalue weighted by Gasteiger charge is 2.20. The lowest BCUT2D eigenvalue weighted by Gasteiger charge is -2.34. The molecule has 13 heavy (non-hydrogen) atoms. The van der Waals surface area contributed by atoms with Crippen LogP contribution in [0.5, 0.6) is 0 Å². The highest BCUT2D eigenvalue weighted by molar-refractivity contribution is 9.09.